The first-order valence-corrected chi connectivity index (χ1v) is 20.1. The molecule has 4 aromatic carbocycles. The Morgan fingerprint density at radius 2 is 1.57 bits per heavy atom. The second-order valence-corrected chi connectivity index (χ2v) is 16.5. The maximum Gasteiger partial charge on any atom is 0.433 e. The third-order valence-electron chi connectivity index (χ3n) is 6.47. The van der Waals surface area contributed by atoms with E-state index in [1.807, 2.05) is 6.11 Å². The zero-order valence-corrected chi connectivity index (χ0v) is 31.0. The molecule has 6 N–H and O–H groups in total. The van der Waals surface area contributed by atoms with E-state index in [0.29, 0.717) is 16.9 Å². The first-order chi connectivity index (χ1) is 24.9. The predicted molar refractivity (Wildman–Crippen MR) is 190 cm³/mol. The van der Waals surface area contributed by atoms with Crippen molar-refractivity contribution in [1.82, 2.24) is 4.90 Å². The number of hydrogen-bond acceptors (Lipinski definition) is 20. The molecular formula is C28H26N6O14S5. The van der Waals surface area contributed by atoms with Crippen molar-refractivity contribution in [3.63, 3.8) is 0 Å². The van der Waals surface area contributed by atoms with Gasteiger partial charge in [0.1, 0.15) is 16.3 Å². The molecule has 20 nitrogen and oxygen atoms in total. The van der Waals surface area contributed by atoms with Crippen LogP contribution in [0, 0.1) is 11.4 Å². The van der Waals surface area contributed by atoms with Crippen LogP contribution < -0.4 is 5.73 Å². The molecule has 0 heterocycles. The van der Waals surface area contributed by atoms with Crippen LogP contribution in [0.4, 0.5) is 28.4 Å². The highest BCUT2D eigenvalue weighted by molar-refractivity contribution is 8.04. The Bertz CT molecular complexity index is 2450. The second-order valence-electron chi connectivity index (χ2n) is 10.4. The largest absolute Gasteiger partial charge is 0.505 e. The number of phenols is 1. The lowest BCUT2D eigenvalue weighted by Crippen LogP contribution is -2.21. The molecular weight excluding hydrogens is 805 g/mol. The maximum absolute atomic E-state index is 12.8. The van der Waals surface area contributed by atoms with Crippen LogP contribution >= 0.6 is 23.8 Å². The number of benzene rings is 4. The van der Waals surface area contributed by atoms with E-state index < -0.39 is 46.7 Å². The second kappa shape index (κ2) is 17.6. The molecule has 0 fully saturated rings. The molecule has 282 valence electrons. The molecule has 0 spiro atoms. The number of hydrogen-bond donors (Lipinski definition) is 5. The Balaban J connectivity index is 1.75. The van der Waals surface area contributed by atoms with Crippen molar-refractivity contribution in [3.8, 4) is 17.1 Å². The van der Waals surface area contributed by atoms with Crippen molar-refractivity contribution in [2.45, 2.75) is 19.6 Å². The molecule has 0 saturated carbocycles. The maximum atomic E-state index is 12.8. The van der Waals surface area contributed by atoms with Crippen molar-refractivity contribution in [2.75, 3.05) is 32.1 Å². The number of nitrogens with zero attached hydrogens (tertiary/aromatic N) is 5. The average Bonchev–Trinajstić information content (AvgIpc) is 3.08. The number of thioether (sulfide) groups is 1. The minimum atomic E-state index is -5.07. The van der Waals surface area contributed by atoms with Crippen LogP contribution in [0.2, 0.25) is 0 Å². The smallest absolute Gasteiger partial charge is 0.433 e. The van der Waals surface area contributed by atoms with Crippen molar-refractivity contribution < 1.29 is 63.3 Å². The molecule has 53 heavy (non-hydrogen) atoms. The molecule has 4 rings (SSSR count). The molecule has 0 aliphatic rings. The Morgan fingerprint density at radius 3 is 2.21 bits per heavy atom. The SMILES string of the molecule is CN(C)CCS(=O)(=O)c1cccc(N=Nc2c(S(=O)(=O)O)cc3cc(SOOO)c(N=Nc4ccc(SC#COOS(=O)(=O)O)cc4)c(N)c3c2O)c1. The summed E-state index contributed by atoms with van der Waals surface area (Å²) in [7, 11) is -10.2. The molecule has 0 saturated heterocycles. The molecule has 0 aliphatic heterocycles. The average molecular weight is 831 g/mol. The summed E-state index contributed by atoms with van der Waals surface area (Å²) >= 11 is 1.28. The Morgan fingerprint density at radius 1 is 0.887 bits per heavy atom. The lowest BCUT2D eigenvalue weighted by atomic mass is 10.1. The highest BCUT2D eigenvalue weighted by Gasteiger charge is 2.26. The van der Waals surface area contributed by atoms with Gasteiger partial charge in [0.2, 0.25) is 0 Å². The molecule has 0 aliphatic carbocycles. The minimum absolute atomic E-state index is 0.00952. The summed E-state index contributed by atoms with van der Waals surface area (Å²) in [5.74, 6) is -1.05. The van der Waals surface area contributed by atoms with Gasteiger partial charge >= 0.3 is 10.4 Å². The predicted octanol–water partition coefficient (Wildman–Crippen LogP) is 5.73. The lowest BCUT2D eigenvalue weighted by molar-refractivity contribution is -0.432. The van der Waals surface area contributed by atoms with Crippen LogP contribution in [-0.2, 0) is 48.9 Å². The van der Waals surface area contributed by atoms with Gasteiger partial charge in [0, 0.05) is 16.7 Å². The molecule has 0 bridgehead atoms. The summed E-state index contributed by atoms with van der Waals surface area (Å²) in [5.41, 5.74) is 5.44. The molecule has 0 amide bonds. The van der Waals surface area contributed by atoms with Crippen LogP contribution in [0.1, 0.15) is 0 Å². The van der Waals surface area contributed by atoms with Gasteiger partial charge in [-0.1, -0.05) is 11.1 Å². The van der Waals surface area contributed by atoms with Gasteiger partial charge in [-0.25, -0.2) is 13.7 Å². The third kappa shape index (κ3) is 11.5. The number of fused-ring (bicyclic) bond motifs is 1. The Hall–Kier alpha value is -4.43. The van der Waals surface area contributed by atoms with Gasteiger partial charge < -0.3 is 15.7 Å². The molecule has 0 atom stereocenters. The first-order valence-electron chi connectivity index (χ1n) is 14.0. The Kier molecular flexibility index (Phi) is 13.7. The Labute approximate surface area is 310 Å². The van der Waals surface area contributed by atoms with Gasteiger partial charge in [0.15, 0.2) is 21.7 Å². The number of phenolic OH excluding ortho intramolecular Hbond substituents is 1. The van der Waals surface area contributed by atoms with Crippen LogP contribution in [0.5, 0.6) is 5.75 Å². The van der Waals surface area contributed by atoms with E-state index in [1.54, 1.807) is 31.1 Å². The van der Waals surface area contributed by atoms with Crippen molar-refractivity contribution >= 4 is 93.4 Å². The van der Waals surface area contributed by atoms with Gasteiger partial charge in [-0.2, -0.15) is 27.1 Å². The number of nitrogen functional groups attached to an aromatic ring is 1. The summed E-state index contributed by atoms with van der Waals surface area (Å²) in [6.45, 7) is 0.249. The van der Waals surface area contributed by atoms with E-state index in [4.69, 9.17) is 15.5 Å². The lowest BCUT2D eigenvalue weighted by Gasteiger charge is -2.14. The van der Waals surface area contributed by atoms with Crippen molar-refractivity contribution in [3.05, 3.63) is 60.7 Å². The van der Waals surface area contributed by atoms with E-state index >= 15 is 0 Å². The van der Waals surface area contributed by atoms with E-state index in [1.165, 1.54) is 42.5 Å². The van der Waals surface area contributed by atoms with Gasteiger partial charge in [0.05, 0.1) is 50.0 Å². The molecule has 0 unspecified atom stereocenters. The monoisotopic (exact) mass is 830 g/mol. The van der Waals surface area contributed by atoms with Crippen molar-refractivity contribution in [2.24, 2.45) is 20.5 Å². The molecule has 0 aromatic heterocycles. The number of sulfone groups is 1. The number of azo groups is 2. The fraction of sp³-hybridized carbons (Fsp3) is 0.143. The zero-order valence-electron chi connectivity index (χ0n) is 26.9. The summed E-state index contributed by atoms with van der Waals surface area (Å²) in [4.78, 5) is 5.29. The fourth-order valence-corrected chi connectivity index (χ4v) is 7.32. The topological polar surface area (TPSA) is 299 Å². The fourth-order valence-electron chi connectivity index (χ4n) is 4.14. The highest BCUT2D eigenvalue weighted by Crippen LogP contribution is 2.49. The molecule has 4 aromatic rings. The molecule has 0 radical (unpaired) electrons. The van der Waals surface area contributed by atoms with E-state index in [2.05, 4.69) is 44.3 Å². The first kappa shape index (κ1) is 41.3. The summed E-state index contributed by atoms with van der Waals surface area (Å²) in [5, 5.41) is 41.9. The van der Waals surface area contributed by atoms with E-state index in [-0.39, 0.29) is 55.6 Å². The van der Waals surface area contributed by atoms with Crippen LogP contribution in [0.25, 0.3) is 10.8 Å². The van der Waals surface area contributed by atoms with Crippen molar-refractivity contribution in [1.29, 1.82) is 0 Å². The zero-order chi connectivity index (χ0) is 39.0. The molecule has 25 heteroatoms. The summed E-state index contributed by atoms with van der Waals surface area (Å²) in [6, 6.07) is 13.6. The normalized spacial score (nSPS) is 12.5. The number of anilines is 1. The van der Waals surface area contributed by atoms with Gasteiger partial charge in [-0.15, -0.1) is 14.6 Å². The highest BCUT2D eigenvalue weighted by atomic mass is 32.3. The van der Waals surface area contributed by atoms with Crippen LogP contribution in [0.15, 0.2) is 101 Å². The number of rotatable bonds is 15. The van der Waals surface area contributed by atoms with E-state index in [0.717, 1.165) is 17.8 Å². The van der Waals surface area contributed by atoms with Gasteiger partial charge in [0.25, 0.3) is 10.1 Å². The van der Waals surface area contributed by atoms with Gasteiger partial charge in [-0.05, 0) is 90.2 Å². The number of aromatic hydroxyl groups is 1. The minimum Gasteiger partial charge on any atom is -0.505 e. The summed E-state index contributed by atoms with van der Waals surface area (Å²) in [6.07, 6.45) is 1.90. The third-order valence-corrected chi connectivity index (χ3v) is 10.6. The van der Waals surface area contributed by atoms with Crippen LogP contribution in [-0.4, -0.2) is 76.0 Å². The van der Waals surface area contributed by atoms with Crippen LogP contribution in [0.3, 0.4) is 0 Å². The van der Waals surface area contributed by atoms with Gasteiger partial charge in [-0.3, -0.25) is 14.0 Å². The summed E-state index contributed by atoms with van der Waals surface area (Å²) < 4.78 is 98.0. The quantitative estimate of drug-likeness (QED) is 0.0140. The van der Waals surface area contributed by atoms with E-state index in [9.17, 15) is 34.9 Å². The number of nitrogens with two attached hydrogens (primary N) is 1. The standard InChI is InChI=1S/C28H26N6O14S5/c1-34(2)10-13-51(37,38)21-5-3-4-19(16-21)31-33-27-23(52(39,40)41)15-17-14-22(50-47-46-36)26(25(29)24(17)28(27)35)32-30-18-6-8-20(9-7-18)49-12-11-45-48-53(42,43)44/h3-9,14-16,35-36H,10,13,29H2,1-2H3,(H,39,40,41)(H,42,43,44).